The maximum Gasteiger partial charge on any atom is 0.251 e. The van der Waals surface area contributed by atoms with Crippen LogP contribution >= 0.6 is 0 Å². The third-order valence-electron chi connectivity index (χ3n) is 4.15. The second-order valence-electron chi connectivity index (χ2n) is 7.39. The summed E-state index contributed by atoms with van der Waals surface area (Å²) in [4.78, 5) is 12.5. The van der Waals surface area contributed by atoms with Crippen molar-refractivity contribution in [2.45, 2.75) is 56.5 Å². The highest BCUT2D eigenvalue weighted by Crippen LogP contribution is 2.25. The quantitative estimate of drug-likeness (QED) is 0.748. The van der Waals surface area contributed by atoms with Crippen LogP contribution in [0.5, 0.6) is 0 Å². The molecular formula is C17H27N3O3S. The van der Waals surface area contributed by atoms with Gasteiger partial charge in [0.25, 0.3) is 5.91 Å². The Kier molecular flexibility index (Phi) is 5.67. The van der Waals surface area contributed by atoms with Crippen LogP contribution < -0.4 is 15.8 Å². The first-order valence-electron chi connectivity index (χ1n) is 8.27. The molecule has 1 amide bonds. The van der Waals surface area contributed by atoms with Crippen LogP contribution in [0.1, 0.15) is 50.4 Å². The van der Waals surface area contributed by atoms with E-state index in [4.69, 9.17) is 5.73 Å². The predicted octanol–water partition coefficient (Wildman–Crippen LogP) is 1.62. The lowest BCUT2D eigenvalue weighted by atomic mass is 10.0. The van der Waals surface area contributed by atoms with Crippen LogP contribution in [-0.2, 0) is 10.0 Å². The number of carbonyl (C=O) groups is 1. The van der Waals surface area contributed by atoms with Crippen molar-refractivity contribution in [1.29, 1.82) is 0 Å². The minimum atomic E-state index is -3.59. The summed E-state index contributed by atoms with van der Waals surface area (Å²) >= 11 is 0. The number of nitrogens with two attached hydrogens (primary N) is 1. The first-order chi connectivity index (χ1) is 11.1. The monoisotopic (exact) mass is 353 g/mol. The van der Waals surface area contributed by atoms with Crippen LogP contribution in [-0.4, -0.2) is 32.5 Å². The Hall–Kier alpha value is -1.44. The third kappa shape index (κ3) is 4.78. The molecule has 0 aliphatic heterocycles. The van der Waals surface area contributed by atoms with Crippen LogP contribution in [0.3, 0.4) is 0 Å². The summed E-state index contributed by atoms with van der Waals surface area (Å²) in [6, 6.07) is 6.10. The van der Waals surface area contributed by atoms with Gasteiger partial charge in [-0.25, -0.2) is 13.1 Å². The molecule has 0 aromatic heterocycles. The molecule has 1 aromatic rings. The van der Waals surface area contributed by atoms with E-state index in [9.17, 15) is 13.2 Å². The number of nitrogens with one attached hydrogen (secondary N) is 2. The normalized spacial score (nSPS) is 21.7. The van der Waals surface area contributed by atoms with Gasteiger partial charge >= 0.3 is 0 Å². The zero-order valence-corrected chi connectivity index (χ0v) is 15.3. The van der Waals surface area contributed by atoms with E-state index in [1.165, 1.54) is 12.1 Å². The van der Waals surface area contributed by atoms with Gasteiger partial charge in [0.15, 0.2) is 0 Å². The van der Waals surface area contributed by atoms with E-state index in [1.54, 1.807) is 32.9 Å². The largest absolute Gasteiger partial charge is 0.349 e. The van der Waals surface area contributed by atoms with Crippen molar-refractivity contribution in [3.05, 3.63) is 29.8 Å². The van der Waals surface area contributed by atoms with E-state index in [2.05, 4.69) is 10.0 Å². The molecule has 1 saturated carbocycles. The van der Waals surface area contributed by atoms with Crippen molar-refractivity contribution >= 4 is 15.9 Å². The molecule has 0 saturated heterocycles. The molecule has 1 aliphatic rings. The zero-order valence-electron chi connectivity index (χ0n) is 14.5. The lowest BCUT2D eigenvalue weighted by Crippen LogP contribution is -2.40. The molecule has 134 valence electrons. The van der Waals surface area contributed by atoms with E-state index in [-0.39, 0.29) is 16.8 Å². The van der Waals surface area contributed by atoms with Gasteiger partial charge in [-0.15, -0.1) is 0 Å². The van der Waals surface area contributed by atoms with Gasteiger partial charge in [-0.1, -0.05) is 6.42 Å². The van der Waals surface area contributed by atoms with Crippen LogP contribution in [0.4, 0.5) is 0 Å². The zero-order chi connectivity index (χ0) is 18.0. The summed E-state index contributed by atoms with van der Waals surface area (Å²) in [7, 11) is -3.59. The van der Waals surface area contributed by atoms with Crippen molar-refractivity contribution in [2.24, 2.45) is 11.7 Å². The van der Waals surface area contributed by atoms with E-state index in [0.717, 1.165) is 19.3 Å². The maximum absolute atomic E-state index is 12.3. The average Bonchev–Trinajstić information content (AvgIpc) is 2.92. The summed E-state index contributed by atoms with van der Waals surface area (Å²) < 4.78 is 27.1. The maximum atomic E-state index is 12.3. The van der Waals surface area contributed by atoms with Gasteiger partial charge in [0.2, 0.25) is 10.0 Å². The molecule has 7 heteroatoms. The SMILES string of the molecule is CC(C)(C)NS(=O)(=O)c1ccc(C(=O)NC2CCCC2CN)cc1. The molecule has 0 bridgehead atoms. The molecule has 1 aromatic carbocycles. The molecule has 0 spiro atoms. The highest BCUT2D eigenvalue weighted by Gasteiger charge is 2.28. The van der Waals surface area contributed by atoms with E-state index in [0.29, 0.717) is 18.0 Å². The fourth-order valence-electron chi connectivity index (χ4n) is 3.01. The molecule has 2 rings (SSSR count). The van der Waals surface area contributed by atoms with Gasteiger partial charge in [0.05, 0.1) is 4.90 Å². The average molecular weight is 353 g/mol. The fraction of sp³-hybridized carbons (Fsp3) is 0.588. The van der Waals surface area contributed by atoms with Crippen molar-refractivity contribution in [3.8, 4) is 0 Å². The first kappa shape index (κ1) is 18.9. The summed E-state index contributed by atoms with van der Waals surface area (Å²) in [5.74, 6) is 0.137. The van der Waals surface area contributed by atoms with E-state index >= 15 is 0 Å². The highest BCUT2D eigenvalue weighted by atomic mass is 32.2. The molecule has 0 heterocycles. The van der Waals surface area contributed by atoms with Crippen LogP contribution in [0.15, 0.2) is 29.2 Å². The van der Waals surface area contributed by atoms with E-state index < -0.39 is 15.6 Å². The topological polar surface area (TPSA) is 101 Å². The lowest BCUT2D eigenvalue weighted by Gasteiger charge is -2.21. The minimum Gasteiger partial charge on any atom is -0.349 e. The molecule has 1 aliphatic carbocycles. The molecule has 6 nitrogen and oxygen atoms in total. The number of sulfonamides is 1. The molecule has 1 fully saturated rings. The van der Waals surface area contributed by atoms with E-state index in [1.807, 2.05) is 0 Å². The van der Waals surface area contributed by atoms with Crippen LogP contribution in [0, 0.1) is 5.92 Å². The number of hydrogen-bond acceptors (Lipinski definition) is 4. The number of hydrogen-bond donors (Lipinski definition) is 3. The predicted molar refractivity (Wildman–Crippen MR) is 94.2 cm³/mol. The molecule has 24 heavy (non-hydrogen) atoms. The summed E-state index contributed by atoms with van der Waals surface area (Å²) in [6.45, 7) is 5.91. The van der Waals surface area contributed by atoms with Crippen LogP contribution in [0.2, 0.25) is 0 Å². The van der Waals surface area contributed by atoms with Crippen LogP contribution in [0.25, 0.3) is 0 Å². The van der Waals surface area contributed by atoms with Gasteiger partial charge < -0.3 is 11.1 Å². The Labute approximate surface area is 144 Å². The number of rotatable bonds is 5. The lowest BCUT2D eigenvalue weighted by molar-refractivity contribution is 0.0928. The van der Waals surface area contributed by atoms with Crippen molar-refractivity contribution in [2.75, 3.05) is 6.54 Å². The Morgan fingerprint density at radius 3 is 2.38 bits per heavy atom. The summed E-state index contributed by atoms with van der Waals surface area (Å²) in [5.41, 5.74) is 5.62. The van der Waals surface area contributed by atoms with Gasteiger partial charge in [0.1, 0.15) is 0 Å². The smallest absolute Gasteiger partial charge is 0.251 e. The second kappa shape index (κ2) is 7.21. The Morgan fingerprint density at radius 2 is 1.83 bits per heavy atom. The Balaban J connectivity index is 2.07. The third-order valence-corrected chi connectivity index (χ3v) is 5.92. The standard InChI is InChI=1S/C17H27N3O3S/c1-17(2,3)20-24(22,23)14-9-7-12(8-10-14)16(21)19-15-6-4-5-13(15)11-18/h7-10,13,15,20H,4-6,11,18H2,1-3H3,(H,19,21). The number of amides is 1. The number of carbonyl (C=O) groups excluding carboxylic acids is 1. The van der Waals surface area contributed by atoms with Crippen molar-refractivity contribution < 1.29 is 13.2 Å². The van der Waals surface area contributed by atoms with Crippen molar-refractivity contribution in [3.63, 3.8) is 0 Å². The van der Waals surface area contributed by atoms with Crippen molar-refractivity contribution in [1.82, 2.24) is 10.0 Å². The Bertz CT molecular complexity index is 678. The molecule has 4 N–H and O–H groups in total. The first-order valence-corrected chi connectivity index (χ1v) is 9.76. The minimum absolute atomic E-state index is 0.105. The fourth-order valence-corrected chi connectivity index (χ4v) is 4.43. The summed E-state index contributed by atoms with van der Waals surface area (Å²) in [5, 5.41) is 3.01. The van der Waals surface area contributed by atoms with Gasteiger partial charge in [-0.3, -0.25) is 4.79 Å². The van der Waals surface area contributed by atoms with Gasteiger partial charge in [0, 0.05) is 17.1 Å². The number of benzene rings is 1. The summed E-state index contributed by atoms with van der Waals surface area (Å²) in [6.07, 6.45) is 3.05. The highest BCUT2D eigenvalue weighted by molar-refractivity contribution is 7.89. The van der Waals surface area contributed by atoms with Gasteiger partial charge in [-0.05, 0) is 70.3 Å². The second-order valence-corrected chi connectivity index (χ2v) is 9.07. The van der Waals surface area contributed by atoms with Gasteiger partial charge in [-0.2, -0.15) is 0 Å². The Morgan fingerprint density at radius 1 is 1.21 bits per heavy atom. The molecule has 2 atom stereocenters. The molecule has 2 unspecified atom stereocenters. The molecule has 0 radical (unpaired) electrons. The molecular weight excluding hydrogens is 326 g/mol.